The molecule has 0 aliphatic carbocycles. The summed E-state index contributed by atoms with van der Waals surface area (Å²) >= 11 is 0. The van der Waals surface area contributed by atoms with E-state index in [9.17, 15) is 5.11 Å². The van der Waals surface area contributed by atoms with Gasteiger partial charge in [-0.25, -0.2) is 4.99 Å². The van der Waals surface area contributed by atoms with Crippen LogP contribution in [0.3, 0.4) is 0 Å². The molecule has 3 aliphatic heterocycles. The molecule has 1 aromatic rings. The average molecular weight is 430 g/mol. The molecule has 1 unspecified atom stereocenters. The molecule has 1 aromatic carbocycles. The summed E-state index contributed by atoms with van der Waals surface area (Å²) in [6.45, 7) is 12.1. The number of morpholine rings is 1. The monoisotopic (exact) mass is 429 g/mol. The lowest BCUT2D eigenvalue weighted by Crippen LogP contribution is -2.46. The van der Waals surface area contributed by atoms with Gasteiger partial charge in [0, 0.05) is 64.1 Å². The minimum atomic E-state index is 0.323. The van der Waals surface area contributed by atoms with E-state index in [4.69, 9.17) is 9.73 Å². The van der Waals surface area contributed by atoms with Crippen molar-refractivity contribution in [3.05, 3.63) is 29.8 Å². The largest absolute Gasteiger partial charge is 0.396 e. The second-order valence-electron chi connectivity index (χ2n) is 8.99. The van der Waals surface area contributed by atoms with Crippen LogP contribution in [0.15, 0.2) is 29.3 Å². The fourth-order valence-corrected chi connectivity index (χ4v) is 4.95. The Hall–Kier alpha value is -1.83. The molecule has 0 spiro atoms. The van der Waals surface area contributed by atoms with Crippen LogP contribution in [0.2, 0.25) is 0 Å². The topological polar surface area (TPSA) is 63.6 Å². The van der Waals surface area contributed by atoms with Crippen molar-refractivity contribution in [2.24, 2.45) is 10.9 Å². The predicted molar refractivity (Wildman–Crippen MR) is 126 cm³/mol. The van der Waals surface area contributed by atoms with Crippen LogP contribution in [0.25, 0.3) is 0 Å². The molecule has 4 rings (SSSR count). The molecule has 172 valence electrons. The van der Waals surface area contributed by atoms with Gasteiger partial charge in [-0.05, 0) is 49.8 Å². The summed E-state index contributed by atoms with van der Waals surface area (Å²) in [5.41, 5.74) is 2.53. The van der Waals surface area contributed by atoms with Crippen molar-refractivity contribution in [3.63, 3.8) is 0 Å². The highest BCUT2D eigenvalue weighted by Crippen LogP contribution is 2.23. The molecular weight excluding hydrogens is 390 g/mol. The highest BCUT2D eigenvalue weighted by molar-refractivity contribution is 5.80. The van der Waals surface area contributed by atoms with Crippen LogP contribution in [0.5, 0.6) is 0 Å². The number of likely N-dealkylation sites (tertiary alicyclic amines) is 1. The quantitative estimate of drug-likeness (QED) is 0.531. The maximum absolute atomic E-state index is 9.34. The Morgan fingerprint density at radius 2 is 1.81 bits per heavy atom. The van der Waals surface area contributed by atoms with Crippen LogP contribution in [0.4, 0.5) is 5.69 Å². The van der Waals surface area contributed by atoms with Crippen LogP contribution >= 0.6 is 0 Å². The number of piperidine rings is 1. The van der Waals surface area contributed by atoms with Gasteiger partial charge in [0.2, 0.25) is 0 Å². The molecule has 0 amide bonds. The van der Waals surface area contributed by atoms with E-state index in [2.05, 4.69) is 51.2 Å². The third-order valence-electron chi connectivity index (χ3n) is 6.95. The van der Waals surface area contributed by atoms with Crippen molar-refractivity contribution >= 4 is 11.6 Å². The van der Waals surface area contributed by atoms with Crippen LogP contribution in [0.1, 0.15) is 31.7 Å². The minimum Gasteiger partial charge on any atom is -0.396 e. The van der Waals surface area contributed by atoms with E-state index in [1.807, 2.05) is 0 Å². The lowest BCUT2D eigenvalue weighted by Gasteiger charge is -2.33. The van der Waals surface area contributed by atoms with E-state index >= 15 is 0 Å². The molecule has 3 fully saturated rings. The van der Waals surface area contributed by atoms with Gasteiger partial charge in [0.05, 0.1) is 19.8 Å². The Balaban J connectivity index is 1.32. The Bertz CT molecular complexity index is 696. The Morgan fingerprint density at radius 3 is 2.48 bits per heavy atom. The van der Waals surface area contributed by atoms with E-state index < -0.39 is 0 Å². The fraction of sp³-hybridized carbons (Fsp3) is 0.708. The van der Waals surface area contributed by atoms with Crippen LogP contribution < -0.4 is 10.2 Å². The predicted octanol–water partition coefficient (Wildman–Crippen LogP) is 1.77. The third-order valence-corrected chi connectivity index (χ3v) is 6.95. The molecular formula is C24H39N5O2. The summed E-state index contributed by atoms with van der Waals surface area (Å²) in [5.74, 6) is 1.51. The molecule has 0 aromatic heterocycles. The number of guanidine groups is 1. The normalized spacial score (nSPS) is 24.1. The molecule has 31 heavy (non-hydrogen) atoms. The van der Waals surface area contributed by atoms with Crippen molar-refractivity contribution in [2.45, 2.75) is 38.8 Å². The second-order valence-corrected chi connectivity index (χ2v) is 8.99. The van der Waals surface area contributed by atoms with Gasteiger partial charge in [-0.3, -0.25) is 4.90 Å². The number of aliphatic hydroxyl groups excluding tert-OH is 1. The molecule has 7 heteroatoms. The lowest BCUT2D eigenvalue weighted by molar-refractivity contribution is 0.0195. The van der Waals surface area contributed by atoms with E-state index in [1.54, 1.807) is 0 Å². The van der Waals surface area contributed by atoms with E-state index in [-0.39, 0.29) is 0 Å². The first-order valence-corrected chi connectivity index (χ1v) is 12.1. The summed E-state index contributed by atoms with van der Waals surface area (Å²) in [5, 5.41) is 12.8. The number of ether oxygens (including phenoxy) is 1. The molecule has 1 atom stereocenters. The van der Waals surface area contributed by atoms with E-state index in [0.29, 0.717) is 25.1 Å². The molecule has 3 aliphatic rings. The zero-order chi connectivity index (χ0) is 21.5. The Labute approximate surface area is 187 Å². The molecule has 0 saturated carbocycles. The number of aliphatic imine (C=N–C) groups is 1. The molecule has 0 bridgehead atoms. The number of nitrogens with zero attached hydrogens (tertiary/aromatic N) is 4. The zero-order valence-corrected chi connectivity index (χ0v) is 19.0. The van der Waals surface area contributed by atoms with Gasteiger partial charge in [0.25, 0.3) is 0 Å². The first-order valence-electron chi connectivity index (χ1n) is 12.1. The van der Waals surface area contributed by atoms with Crippen LogP contribution in [-0.4, -0.2) is 92.5 Å². The number of benzene rings is 1. The van der Waals surface area contributed by atoms with Gasteiger partial charge in [0.1, 0.15) is 0 Å². The highest BCUT2D eigenvalue weighted by atomic mass is 16.5. The number of hydrogen-bond donors (Lipinski definition) is 2. The van der Waals surface area contributed by atoms with Gasteiger partial charge in [-0.2, -0.15) is 0 Å². The SMILES string of the molecule is CCNC(=NCc1ccc(N2CCC(CO)CC2)cc1)N1CCC(N2CCOCC2)C1. The maximum atomic E-state index is 9.34. The minimum absolute atomic E-state index is 0.323. The molecule has 7 nitrogen and oxygen atoms in total. The van der Waals surface area contributed by atoms with Crippen molar-refractivity contribution in [1.82, 2.24) is 15.1 Å². The Kier molecular flexibility index (Phi) is 8.05. The third kappa shape index (κ3) is 5.90. The molecule has 3 heterocycles. The highest BCUT2D eigenvalue weighted by Gasteiger charge is 2.30. The summed E-state index contributed by atoms with van der Waals surface area (Å²) in [6, 6.07) is 9.48. The fourth-order valence-electron chi connectivity index (χ4n) is 4.95. The first-order chi connectivity index (χ1) is 15.3. The number of hydrogen-bond acceptors (Lipinski definition) is 5. The summed E-state index contributed by atoms with van der Waals surface area (Å²) in [4.78, 5) is 12.4. The average Bonchev–Trinajstić information content (AvgIpc) is 3.33. The van der Waals surface area contributed by atoms with Gasteiger partial charge in [0.15, 0.2) is 5.96 Å². The summed E-state index contributed by atoms with van der Waals surface area (Å²) < 4.78 is 5.51. The van der Waals surface area contributed by atoms with Crippen molar-refractivity contribution in [2.75, 3.05) is 70.5 Å². The van der Waals surface area contributed by atoms with Gasteiger partial charge >= 0.3 is 0 Å². The standard InChI is InChI=1S/C24H39N5O2/c1-2-25-24(29-12-9-23(18-29)28-13-15-31-16-14-28)26-17-20-3-5-22(6-4-20)27-10-7-21(19-30)8-11-27/h3-6,21,23,30H,2,7-19H2,1H3,(H,25,26). The molecule has 0 radical (unpaired) electrons. The van der Waals surface area contributed by atoms with Gasteiger partial charge in [-0.1, -0.05) is 12.1 Å². The number of rotatable bonds is 6. The number of aliphatic hydroxyl groups is 1. The van der Waals surface area contributed by atoms with Crippen molar-refractivity contribution in [1.29, 1.82) is 0 Å². The van der Waals surface area contributed by atoms with E-state index in [0.717, 1.165) is 77.8 Å². The summed E-state index contributed by atoms with van der Waals surface area (Å²) in [6.07, 6.45) is 3.36. The molecule has 2 N–H and O–H groups in total. The Morgan fingerprint density at radius 1 is 1.06 bits per heavy atom. The number of nitrogens with one attached hydrogen (secondary N) is 1. The number of anilines is 1. The van der Waals surface area contributed by atoms with Gasteiger partial charge in [-0.15, -0.1) is 0 Å². The van der Waals surface area contributed by atoms with Crippen LogP contribution in [-0.2, 0) is 11.3 Å². The zero-order valence-electron chi connectivity index (χ0n) is 19.0. The van der Waals surface area contributed by atoms with Crippen LogP contribution in [0, 0.1) is 5.92 Å². The van der Waals surface area contributed by atoms with Gasteiger partial charge < -0.3 is 25.0 Å². The second kappa shape index (κ2) is 11.2. The lowest BCUT2D eigenvalue weighted by atomic mass is 9.97. The molecule has 3 saturated heterocycles. The summed E-state index contributed by atoms with van der Waals surface area (Å²) in [7, 11) is 0. The smallest absolute Gasteiger partial charge is 0.194 e. The van der Waals surface area contributed by atoms with E-state index in [1.165, 1.54) is 17.7 Å². The van der Waals surface area contributed by atoms with Crippen molar-refractivity contribution < 1.29 is 9.84 Å². The maximum Gasteiger partial charge on any atom is 0.194 e. The first kappa shape index (κ1) is 22.4. The van der Waals surface area contributed by atoms with Crippen molar-refractivity contribution in [3.8, 4) is 0 Å².